The number of aliphatic carboxylic acids is 1. The summed E-state index contributed by atoms with van der Waals surface area (Å²) in [5.74, 6) is -0.0187. The molecule has 0 radical (unpaired) electrons. The molecule has 1 aromatic rings. The highest BCUT2D eigenvalue weighted by atomic mass is 16.4. The van der Waals surface area contributed by atoms with Crippen molar-refractivity contribution in [2.24, 2.45) is 5.41 Å². The summed E-state index contributed by atoms with van der Waals surface area (Å²) < 4.78 is 0. The molecule has 0 bridgehead atoms. The number of H-pyrrole nitrogens is 1. The molecule has 0 fully saturated rings. The van der Waals surface area contributed by atoms with Crippen molar-refractivity contribution in [3.63, 3.8) is 0 Å². The summed E-state index contributed by atoms with van der Waals surface area (Å²) in [4.78, 5) is 29.7. The number of rotatable bonds is 8. The molecule has 0 saturated carbocycles. The van der Waals surface area contributed by atoms with E-state index in [0.717, 1.165) is 18.7 Å². The van der Waals surface area contributed by atoms with Gasteiger partial charge in [-0.3, -0.25) is 4.79 Å². The van der Waals surface area contributed by atoms with Crippen molar-refractivity contribution in [1.29, 1.82) is 0 Å². The number of imidazole rings is 1. The minimum absolute atomic E-state index is 0.114. The molecule has 1 aromatic heterocycles. The predicted octanol–water partition coefficient (Wildman–Crippen LogP) is 1.14. The van der Waals surface area contributed by atoms with Gasteiger partial charge >= 0.3 is 12.0 Å². The van der Waals surface area contributed by atoms with Crippen LogP contribution in [0.2, 0.25) is 0 Å². The Balaban J connectivity index is 2.18. The van der Waals surface area contributed by atoms with E-state index in [1.54, 1.807) is 26.2 Å². The Hall–Kier alpha value is -2.05. The van der Waals surface area contributed by atoms with E-state index in [-0.39, 0.29) is 12.6 Å². The molecule has 0 aromatic carbocycles. The van der Waals surface area contributed by atoms with E-state index in [1.807, 2.05) is 0 Å². The van der Waals surface area contributed by atoms with Crippen molar-refractivity contribution in [1.82, 2.24) is 20.6 Å². The largest absolute Gasteiger partial charge is 0.481 e. The number of amides is 2. The number of aromatic nitrogens is 2. The van der Waals surface area contributed by atoms with Crippen LogP contribution in [0.5, 0.6) is 0 Å². The molecule has 1 rings (SSSR count). The molecule has 2 amide bonds. The van der Waals surface area contributed by atoms with Gasteiger partial charge in [0, 0.05) is 31.9 Å². The van der Waals surface area contributed by atoms with E-state index < -0.39 is 11.4 Å². The van der Waals surface area contributed by atoms with Crippen LogP contribution in [-0.2, 0) is 11.2 Å². The molecule has 7 heteroatoms. The van der Waals surface area contributed by atoms with Gasteiger partial charge in [-0.05, 0) is 19.8 Å². The number of hydrogen-bond donors (Lipinski definition) is 4. The van der Waals surface area contributed by atoms with Gasteiger partial charge in [0.25, 0.3) is 0 Å². The fourth-order valence-corrected chi connectivity index (χ4v) is 1.58. The molecule has 20 heavy (non-hydrogen) atoms. The normalized spacial score (nSPS) is 13.5. The molecule has 0 aliphatic heterocycles. The average molecular weight is 282 g/mol. The van der Waals surface area contributed by atoms with Gasteiger partial charge in [-0.15, -0.1) is 0 Å². The lowest BCUT2D eigenvalue weighted by atomic mass is 9.88. The van der Waals surface area contributed by atoms with Gasteiger partial charge in [0.15, 0.2) is 0 Å². The summed E-state index contributed by atoms with van der Waals surface area (Å²) in [5.41, 5.74) is -0.925. The van der Waals surface area contributed by atoms with Crippen LogP contribution in [0.25, 0.3) is 0 Å². The maximum absolute atomic E-state index is 11.6. The van der Waals surface area contributed by atoms with Crippen LogP contribution in [-0.4, -0.2) is 40.2 Å². The highest BCUT2D eigenvalue weighted by Crippen LogP contribution is 2.19. The Morgan fingerprint density at radius 3 is 2.75 bits per heavy atom. The lowest BCUT2D eigenvalue weighted by Gasteiger charge is -2.23. The van der Waals surface area contributed by atoms with Crippen LogP contribution in [0.4, 0.5) is 4.79 Å². The number of urea groups is 1. The smallest absolute Gasteiger partial charge is 0.314 e. The van der Waals surface area contributed by atoms with Crippen LogP contribution in [0.3, 0.4) is 0 Å². The van der Waals surface area contributed by atoms with Crippen molar-refractivity contribution in [3.05, 3.63) is 18.2 Å². The maximum Gasteiger partial charge on any atom is 0.314 e. The third-order valence-electron chi connectivity index (χ3n) is 3.37. The topological polar surface area (TPSA) is 107 Å². The summed E-state index contributed by atoms with van der Waals surface area (Å²) in [6, 6.07) is -0.342. The van der Waals surface area contributed by atoms with Crippen LogP contribution in [0, 0.1) is 5.41 Å². The number of nitrogens with one attached hydrogen (secondary N) is 3. The Labute approximate surface area is 118 Å². The van der Waals surface area contributed by atoms with Crippen LogP contribution in [0.1, 0.15) is 32.5 Å². The van der Waals surface area contributed by atoms with E-state index in [4.69, 9.17) is 5.11 Å². The molecule has 0 aliphatic carbocycles. The second-order valence-corrected chi connectivity index (χ2v) is 4.97. The van der Waals surface area contributed by atoms with Crippen molar-refractivity contribution in [2.75, 3.05) is 13.1 Å². The summed E-state index contributed by atoms with van der Waals surface area (Å²) in [6.07, 6.45) is 5.43. The van der Waals surface area contributed by atoms with Gasteiger partial charge in [-0.1, -0.05) is 6.92 Å². The van der Waals surface area contributed by atoms with E-state index in [1.165, 1.54) is 0 Å². The molecular weight excluding hydrogens is 260 g/mol. The van der Waals surface area contributed by atoms with Crippen molar-refractivity contribution in [2.45, 2.75) is 33.1 Å². The van der Waals surface area contributed by atoms with Crippen molar-refractivity contribution < 1.29 is 14.7 Å². The van der Waals surface area contributed by atoms with Gasteiger partial charge in [0.05, 0.1) is 5.41 Å². The molecule has 1 atom stereocenters. The first-order valence-corrected chi connectivity index (χ1v) is 6.71. The van der Waals surface area contributed by atoms with E-state index >= 15 is 0 Å². The van der Waals surface area contributed by atoms with Gasteiger partial charge in [0.2, 0.25) is 0 Å². The minimum atomic E-state index is -0.925. The van der Waals surface area contributed by atoms with E-state index in [0.29, 0.717) is 13.0 Å². The molecular formula is C13H22N4O3. The van der Waals surface area contributed by atoms with Crippen LogP contribution < -0.4 is 10.6 Å². The number of aryl methyl sites for hydroxylation is 1. The summed E-state index contributed by atoms with van der Waals surface area (Å²) >= 11 is 0. The maximum atomic E-state index is 11.6. The molecule has 4 N–H and O–H groups in total. The van der Waals surface area contributed by atoms with Gasteiger partial charge in [-0.2, -0.15) is 0 Å². The van der Waals surface area contributed by atoms with Crippen LogP contribution >= 0.6 is 0 Å². The fourth-order valence-electron chi connectivity index (χ4n) is 1.58. The first kappa shape index (κ1) is 16.0. The fraction of sp³-hybridized carbons (Fsp3) is 0.615. The third-order valence-corrected chi connectivity index (χ3v) is 3.37. The molecule has 7 nitrogen and oxygen atoms in total. The standard InChI is InChI=1S/C13H22N4O3/c1-3-13(2,11(18)19)9-17-12(20)16-6-4-5-10-14-7-8-15-10/h7-8H,3-6,9H2,1-2H3,(H,14,15)(H,18,19)(H2,16,17,20). The summed E-state index contributed by atoms with van der Waals surface area (Å²) in [7, 11) is 0. The number of carbonyl (C=O) groups excluding carboxylic acids is 1. The van der Waals surface area contributed by atoms with Crippen LogP contribution in [0.15, 0.2) is 12.4 Å². The molecule has 112 valence electrons. The van der Waals surface area contributed by atoms with Gasteiger partial charge in [0.1, 0.15) is 5.82 Å². The molecule has 1 heterocycles. The first-order chi connectivity index (χ1) is 9.48. The van der Waals surface area contributed by atoms with Crippen molar-refractivity contribution in [3.8, 4) is 0 Å². The minimum Gasteiger partial charge on any atom is -0.481 e. The Morgan fingerprint density at radius 2 is 2.20 bits per heavy atom. The third kappa shape index (κ3) is 4.91. The SMILES string of the molecule is CCC(C)(CNC(=O)NCCCc1ncc[nH]1)C(=O)O. The zero-order valence-corrected chi connectivity index (χ0v) is 11.9. The van der Waals surface area contributed by atoms with E-state index in [9.17, 15) is 9.59 Å². The lowest BCUT2D eigenvalue weighted by Crippen LogP contribution is -2.44. The second-order valence-electron chi connectivity index (χ2n) is 4.97. The number of hydrogen-bond acceptors (Lipinski definition) is 3. The number of carboxylic acid groups (broad SMARTS) is 1. The predicted molar refractivity (Wildman–Crippen MR) is 74.3 cm³/mol. The zero-order valence-electron chi connectivity index (χ0n) is 11.9. The summed E-state index contributed by atoms with van der Waals surface area (Å²) in [5, 5.41) is 14.4. The average Bonchev–Trinajstić information content (AvgIpc) is 2.94. The van der Waals surface area contributed by atoms with Gasteiger partial charge in [-0.25, -0.2) is 9.78 Å². The summed E-state index contributed by atoms with van der Waals surface area (Å²) in [6.45, 7) is 4.04. The lowest BCUT2D eigenvalue weighted by molar-refractivity contribution is -0.147. The van der Waals surface area contributed by atoms with Gasteiger partial charge < -0.3 is 20.7 Å². The number of carboxylic acids is 1. The molecule has 0 aliphatic rings. The highest BCUT2D eigenvalue weighted by molar-refractivity contribution is 5.77. The highest BCUT2D eigenvalue weighted by Gasteiger charge is 2.31. The van der Waals surface area contributed by atoms with Crippen molar-refractivity contribution >= 4 is 12.0 Å². The molecule has 0 spiro atoms. The zero-order chi connectivity index (χ0) is 15.0. The number of carbonyl (C=O) groups is 2. The molecule has 0 saturated heterocycles. The Kier molecular flexibility index (Phi) is 6.02. The monoisotopic (exact) mass is 282 g/mol. The second kappa shape index (κ2) is 7.52. The quantitative estimate of drug-likeness (QED) is 0.536. The van der Waals surface area contributed by atoms with E-state index in [2.05, 4.69) is 20.6 Å². The number of nitrogens with zero attached hydrogens (tertiary/aromatic N) is 1. The Morgan fingerprint density at radius 1 is 1.45 bits per heavy atom. The Bertz CT molecular complexity index is 433. The number of aromatic amines is 1. The first-order valence-electron chi connectivity index (χ1n) is 6.71. The molecule has 1 unspecified atom stereocenters.